The number of nitrogens with zero attached hydrogens (tertiary/aromatic N) is 2. The van der Waals surface area contributed by atoms with Crippen molar-refractivity contribution < 1.29 is 4.74 Å². The fourth-order valence-corrected chi connectivity index (χ4v) is 2.72. The van der Waals surface area contributed by atoms with Gasteiger partial charge in [0.15, 0.2) is 5.82 Å². The van der Waals surface area contributed by atoms with Crippen LogP contribution in [0.15, 0.2) is 28.7 Å². The first-order valence-corrected chi connectivity index (χ1v) is 7.25. The molecule has 0 amide bonds. The lowest BCUT2D eigenvalue weighted by molar-refractivity contribution is 0.415. The predicted molar refractivity (Wildman–Crippen MR) is 85.4 cm³/mol. The van der Waals surface area contributed by atoms with Gasteiger partial charge in [-0.1, -0.05) is 13.8 Å². The Bertz CT molecular complexity index is 597. The van der Waals surface area contributed by atoms with Gasteiger partial charge in [-0.3, -0.25) is 0 Å². The Hall–Kier alpha value is -1.62. The second-order valence-electron chi connectivity index (χ2n) is 4.73. The summed E-state index contributed by atoms with van der Waals surface area (Å²) in [4.78, 5) is 9.22. The lowest BCUT2D eigenvalue weighted by Crippen LogP contribution is -2.04. The van der Waals surface area contributed by atoms with Crippen molar-refractivity contribution in [3.8, 4) is 17.1 Å². The van der Waals surface area contributed by atoms with Crippen molar-refractivity contribution in [2.45, 2.75) is 19.8 Å². The van der Waals surface area contributed by atoms with Crippen molar-refractivity contribution in [1.29, 1.82) is 0 Å². The maximum absolute atomic E-state index is 5.17. The molecule has 2 rings (SSSR count). The van der Waals surface area contributed by atoms with E-state index in [-0.39, 0.29) is 0 Å². The summed E-state index contributed by atoms with van der Waals surface area (Å²) in [5.41, 5.74) is 1.96. The Morgan fingerprint density at radius 3 is 2.30 bits per heavy atom. The van der Waals surface area contributed by atoms with E-state index in [1.807, 2.05) is 31.3 Å². The standard InChI is InChI=1S/C15H18BrN3O/c1-9(2)13-12(16)15(17-3)19-14(18-13)10-5-7-11(20-4)8-6-10/h5-9H,1-4H3,(H,17,18,19). The Morgan fingerprint density at radius 1 is 1.15 bits per heavy atom. The summed E-state index contributed by atoms with van der Waals surface area (Å²) in [6.07, 6.45) is 0. The van der Waals surface area contributed by atoms with E-state index >= 15 is 0 Å². The van der Waals surface area contributed by atoms with E-state index in [4.69, 9.17) is 4.74 Å². The molecular weight excluding hydrogens is 318 g/mol. The molecule has 1 aromatic heterocycles. The van der Waals surface area contributed by atoms with Crippen LogP contribution in [0.25, 0.3) is 11.4 Å². The van der Waals surface area contributed by atoms with Gasteiger partial charge in [0.1, 0.15) is 11.6 Å². The minimum Gasteiger partial charge on any atom is -0.497 e. The Morgan fingerprint density at radius 2 is 1.80 bits per heavy atom. The summed E-state index contributed by atoms with van der Waals surface area (Å²) in [6.45, 7) is 4.23. The molecule has 106 valence electrons. The number of halogens is 1. The number of aromatic nitrogens is 2. The van der Waals surface area contributed by atoms with Crippen molar-refractivity contribution in [2.75, 3.05) is 19.5 Å². The lowest BCUT2D eigenvalue weighted by atomic mass is 10.1. The van der Waals surface area contributed by atoms with Crippen LogP contribution in [0, 0.1) is 0 Å². The summed E-state index contributed by atoms with van der Waals surface area (Å²) in [5, 5.41) is 3.10. The van der Waals surface area contributed by atoms with Gasteiger partial charge in [-0.15, -0.1) is 0 Å². The third-order valence-corrected chi connectivity index (χ3v) is 3.79. The number of ether oxygens (including phenoxy) is 1. The molecule has 2 aromatic rings. The van der Waals surface area contributed by atoms with E-state index in [1.165, 1.54) is 0 Å². The largest absolute Gasteiger partial charge is 0.497 e. The zero-order chi connectivity index (χ0) is 14.7. The van der Waals surface area contributed by atoms with Gasteiger partial charge < -0.3 is 10.1 Å². The van der Waals surface area contributed by atoms with Crippen molar-refractivity contribution in [3.63, 3.8) is 0 Å². The maximum Gasteiger partial charge on any atom is 0.161 e. The Labute approximate surface area is 127 Å². The van der Waals surface area contributed by atoms with Crippen molar-refractivity contribution in [2.24, 2.45) is 0 Å². The molecule has 1 N–H and O–H groups in total. The van der Waals surface area contributed by atoms with Crippen LogP contribution in [0.1, 0.15) is 25.5 Å². The van der Waals surface area contributed by atoms with Gasteiger partial charge in [0.2, 0.25) is 0 Å². The van der Waals surface area contributed by atoms with Gasteiger partial charge in [0, 0.05) is 12.6 Å². The molecule has 1 heterocycles. The number of hydrogen-bond acceptors (Lipinski definition) is 4. The zero-order valence-electron chi connectivity index (χ0n) is 12.1. The summed E-state index contributed by atoms with van der Waals surface area (Å²) in [5.74, 6) is 2.65. The molecule has 0 fully saturated rings. The molecule has 0 spiro atoms. The quantitative estimate of drug-likeness (QED) is 0.914. The van der Waals surface area contributed by atoms with Crippen LogP contribution in [-0.2, 0) is 0 Å². The second-order valence-corrected chi connectivity index (χ2v) is 5.52. The predicted octanol–water partition coefficient (Wildman–Crippen LogP) is 4.08. The molecule has 0 aliphatic rings. The highest BCUT2D eigenvalue weighted by Gasteiger charge is 2.15. The van der Waals surface area contributed by atoms with Crippen LogP contribution >= 0.6 is 15.9 Å². The second kappa shape index (κ2) is 6.22. The van der Waals surface area contributed by atoms with Gasteiger partial charge >= 0.3 is 0 Å². The SMILES string of the molecule is CNc1nc(-c2ccc(OC)cc2)nc(C(C)C)c1Br. The van der Waals surface area contributed by atoms with E-state index in [9.17, 15) is 0 Å². The Balaban J connectivity index is 2.52. The van der Waals surface area contributed by atoms with Crippen LogP contribution in [0.3, 0.4) is 0 Å². The van der Waals surface area contributed by atoms with E-state index in [0.29, 0.717) is 11.7 Å². The first-order valence-electron chi connectivity index (χ1n) is 6.46. The van der Waals surface area contributed by atoms with E-state index in [0.717, 1.165) is 27.3 Å². The van der Waals surface area contributed by atoms with Crippen LogP contribution in [-0.4, -0.2) is 24.1 Å². The average molecular weight is 336 g/mol. The summed E-state index contributed by atoms with van der Waals surface area (Å²) >= 11 is 3.56. The van der Waals surface area contributed by atoms with E-state index in [2.05, 4.69) is 45.1 Å². The molecule has 0 saturated heterocycles. The molecule has 0 aliphatic heterocycles. The normalized spacial score (nSPS) is 10.7. The van der Waals surface area contributed by atoms with Gasteiger partial charge in [0.25, 0.3) is 0 Å². The number of anilines is 1. The van der Waals surface area contributed by atoms with Gasteiger partial charge in [0.05, 0.1) is 17.3 Å². The minimum absolute atomic E-state index is 0.316. The molecular formula is C15H18BrN3O. The maximum atomic E-state index is 5.17. The third-order valence-electron chi connectivity index (χ3n) is 3.01. The molecule has 0 radical (unpaired) electrons. The van der Waals surface area contributed by atoms with E-state index < -0.39 is 0 Å². The zero-order valence-corrected chi connectivity index (χ0v) is 13.7. The van der Waals surface area contributed by atoms with Crippen molar-refractivity contribution >= 4 is 21.7 Å². The van der Waals surface area contributed by atoms with Crippen LogP contribution in [0.5, 0.6) is 5.75 Å². The molecule has 20 heavy (non-hydrogen) atoms. The lowest BCUT2D eigenvalue weighted by Gasteiger charge is -2.13. The number of nitrogens with one attached hydrogen (secondary N) is 1. The van der Waals surface area contributed by atoms with Gasteiger partial charge in [-0.05, 0) is 46.1 Å². The molecule has 4 nitrogen and oxygen atoms in total. The first-order chi connectivity index (χ1) is 9.56. The third kappa shape index (κ3) is 2.93. The number of hydrogen-bond donors (Lipinski definition) is 1. The molecule has 5 heteroatoms. The highest BCUT2D eigenvalue weighted by molar-refractivity contribution is 9.10. The van der Waals surface area contributed by atoms with Gasteiger partial charge in [-0.25, -0.2) is 9.97 Å². The fourth-order valence-electron chi connectivity index (χ4n) is 1.88. The van der Waals surface area contributed by atoms with Crippen LogP contribution < -0.4 is 10.1 Å². The molecule has 0 atom stereocenters. The summed E-state index contributed by atoms with van der Waals surface area (Å²) in [6, 6.07) is 7.75. The number of methoxy groups -OCH3 is 1. The summed E-state index contributed by atoms with van der Waals surface area (Å²) < 4.78 is 6.09. The summed E-state index contributed by atoms with van der Waals surface area (Å²) in [7, 11) is 3.51. The van der Waals surface area contributed by atoms with Crippen LogP contribution in [0.2, 0.25) is 0 Å². The smallest absolute Gasteiger partial charge is 0.161 e. The Kier molecular flexibility index (Phi) is 4.60. The molecule has 0 unspecified atom stereocenters. The van der Waals surface area contributed by atoms with Crippen molar-refractivity contribution in [1.82, 2.24) is 9.97 Å². The molecule has 1 aromatic carbocycles. The average Bonchev–Trinajstić information content (AvgIpc) is 2.47. The topological polar surface area (TPSA) is 47.0 Å². The fraction of sp³-hybridized carbons (Fsp3) is 0.333. The minimum atomic E-state index is 0.316. The van der Waals surface area contributed by atoms with Gasteiger partial charge in [-0.2, -0.15) is 0 Å². The van der Waals surface area contributed by atoms with E-state index in [1.54, 1.807) is 7.11 Å². The molecule has 0 bridgehead atoms. The molecule has 0 aliphatic carbocycles. The monoisotopic (exact) mass is 335 g/mol. The highest BCUT2D eigenvalue weighted by Crippen LogP contribution is 2.31. The number of benzene rings is 1. The first kappa shape index (κ1) is 14.8. The van der Waals surface area contributed by atoms with Crippen molar-refractivity contribution in [3.05, 3.63) is 34.4 Å². The number of rotatable bonds is 4. The molecule has 0 saturated carbocycles. The highest BCUT2D eigenvalue weighted by atomic mass is 79.9. The van der Waals surface area contributed by atoms with Crippen LogP contribution in [0.4, 0.5) is 5.82 Å².